The predicted octanol–water partition coefficient (Wildman–Crippen LogP) is 2.44. The molecule has 2 aromatic rings. The first-order valence-electron chi connectivity index (χ1n) is 7.59. The first-order valence-corrected chi connectivity index (χ1v) is 9.03. The maximum absolute atomic E-state index is 13.0. The number of nitrogens with zero attached hydrogens (tertiary/aromatic N) is 2. The molecule has 9 nitrogen and oxygen atoms in total. The van der Waals surface area contributed by atoms with Crippen molar-refractivity contribution in [1.82, 2.24) is 0 Å². The fraction of sp³-hybridized carbons (Fsp3) is 0.118. The largest absolute Gasteiger partial charge is 0.490 e. The number of rotatable bonds is 9. The van der Waals surface area contributed by atoms with Crippen molar-refractivity contribution in [2.24, 2.45) is 0 Å². The third-order valence-corrected chi connectivity index (χ3v) is 5.22. The second kappa shape index (κ2) is 8.32. The molecule has 0 aliphatic heterocycles. The second-order valence-electron chi connectivity index (χ2n) is 5.22. The highest BCUT2D eigenvalue weighted by Gasteiger charge is 2.33. The van der Waals surface area contributed by atoms with Crippen LogP contribution in [0.5, 0.6) is 5.75 Å². The maximum atomic E-state index is 13.0. The van der Waals surface area contributed by atoms with Crippen molar-refractivity contribution in [3.8, 4) is 5.75 Å². The number of carbonyl (C=O) groups is 1. The van der Waals surface area contributed by atoms with Crippen molar-refractivity contribution in [2.45, 2.75) is 4.90 Å². The van der Waals surface area contributed by atoms with E-state index in [2.05, 4.69) is 6.58 Å². The molecule has 0 radical (unpaired) electrons. The molecule has 27 heavy (non-hydrogen) atoms. The van der Waals surface area contributed by atoms with Gasteiger partial charge in [0.15, 0.2) is 4.90 Å². The summed E-state index contributed by atoms with van der Waals surface area (Å²) >= 11 is 0. The van der Waals surface area contributed by atoms with Gasteiger partial charge in [-0.2, -0.15) is 0 Å². The second-order valence-corrected chi connectivity index (χ2v) is 7.05. The summed E-state index contributed by atoms with van der Waals surface area (Å²) in [6.45, 7) is 2.85. The van der Waals surface area contributed by atoms with Crippen LogP contribution in [0.15, 0.2) is 66.1 Å². The Morgan fingerprint density at radius 2 is 1.85 bits per heavy atom. The Kier molecular flexibility index (Phi) is 6.14. The number of aliphatic carboxylic acids is 1. The number of para-hydroxylation sites is 1. The number of nitro groups is 1. The Labute approximate surface area is 155 Å². The number of sulfonamides is 1. The van der Waals surface area contributed by atoms with Crippen molar-refractivity contribution >= 4 is 27.4 Å². The van der Waals surface area contributed by atoms with E-state index in [1.807, 2.05) is 0 Å². The zero-order valence-corrected chi connectivity index (χ0v) is 14.8. The van der Waals surface area contributed by atoms with Crippen LogP contribution in [-0.4, -0.2) is 37.6 Å². The van der Waals surface area contributed by atoms with E-state index in [1.165, 1.54) is 42.5 Å². The Morgan fingerprint density at radius 1 is 1.22 bits per heavy atom. The number of hydrogen-bond acceptors (Lipinski definition) is 6. The maximum Gasteiger partial charge on any atom is 0.324 e. The predicted molar refractivity (Wildman–Crippen MR) is 97.4 cm³/mol. The Bertz CT molecular complexity index is 956. The van der Waals surface area contributed by atoms with E-state index < -0.39 is 38.0 Å². The number of ether oxygens (including phenoxy) is 1. The molecule has 0 saturated heterocycles. The van der Waals surface area contributed by atoms with Gasteiger partial charge in [-0.05, 0) is 30.3 Å². The van der Waals surface area contributed by atoms with Crippen molar-refractivity contribution in [3.05, 3.63) is 71.3 Å². The Morgan fingerprint density at radius 3 is 2.41 bits per heavy atom. The van der Waals surface area contributed by atoms with Crippen LogP contribution < -0.4 is 9.04 Å². The lowest BCUT2D eigenvalue weighted by atomic mass is 10.3. The highest BCUT2D eigenvalue weighted by atomic mass is 32.2. The van der Waals surface area contributed by atoms with Gasteiger partial charge in [-0.25, -0.2) is 8.42 Å². The van der Waals surface area contributed by atoms with E-state index in [-0.39, 0.29) is 12.3 Å². The summed E-state index contributed by atoms with van der Waals surface area (Å²) in [4.78, 5) is 21.0. The highest BCUT2D eigenvalue weighted by Crippen LogP contribution is 2.30. The molecule has 0 amide bonds. The Balaban J connectivity index is 2.51. The topological polar surface area (TPSA) is 127 Å². The molecule has 1 N–H and O–H groups in total. The molecule has 0 fully saturated rings. The number of carboxylic acid groups (broad SMARTS) is 1. The van der Waals surface area contributed by atoms with Crippen LogP contribution in [0.3, 0.4) is 0 Å². The summed E-state index contributed by atoms with van der Waals surface area (Å²) in [6.07, 6.45) is 1.53. The number of carboxylic acids is 1. The summed E-state index contributed by atoms with van der Waals surface area (Å²) in [7, 11) is -4.50. The molecule has 0 unspecified atom stereocenters. The smallest absolute Gasteiger partial charge is 0.324 e. The molecule has 0 saturated carbocycles. The number of nitro benzene ring substituents is 1. The summed E-state index contributed by atoms with van der Waals surface area (Å²) in [5, 5.41) is 20.3. The van der Waals surface area contributed by atoms with E-state index in [1.54, 1.807) is 0 Å². The number of anilines is 1. The zero-order chi connectivity index (χ0) is 20.0. The molecule has 0 heterocycles. The normalized spacial score (nSPS) is 10.8. The van der Waals surface area contributed by atoms with E-state index >= 15 is 0 Å². The van der Waals surface area contributed by atoms with Gasteiger partial charge < -0.3 is 9.84 Å². The standard InChI is InChI=1S/C17H16N2O7S/c1-2-11-26-14-9-7-13(8-10-14)18(12-17(20)21)27(24,25)16-6-4-3-5-15(16)19(22)23/h2-10H,1,11-12H2,(H,20,21). The van der Waals surface area contributed by atoms with Crippen LogP contribution in [0.2, 0.25) is 0 Å². The number of hydrogen-bond donors (Lipinski definition) is 1. The Hall–Kier alpha value is -3.40. The average molecular weight is 392 g/mol. The van der Waals surface area contributed by atoms with Gasteiger partial charge in [-0.1, -0.05) is 24.8 Å². The minimum absolute atomic E-state index is 0.0292. The first-order chi connectivity index (χ1) is 12.8. The monoisotopic (exact) mass is 392 g/mol. The molecule has 142 valence electrons. The van der Waals surface area contributed by atoms with Crippen molar-refractivity contribution in [2.75, 3.05) is 17.5 Å². The van der Waals surface area contributed by atoms with Crippen LogP contribution in [-0.2, 0) is 14.8 Å². The van der Waals surface area contributed by atoms with Gasteiger partial charge in [0.25, 0.3) is 15.7 Å². The SMILES string of the molecule is C=CCOc1ccc(N(CC(=O)O)S(=O)(=O)c2ccccc2[N+](=O)[O-])cc1. The lowest BCUT2D eigenvalue weighted by molar-refractivity contribution is -0.387. The molecule has 10 heteroatoms. The molecular weight excluding hydrogens is 376 g/mol. The highest BCUT2D eigenvalue weighted by molar-refractivity contribution is 7.93. The molecule has 0 bridgehead atoms. The average Bonchev–Trinajstić information content (AvgIpc) is 2.64. The summed E-state index contributed by atoms with van der Waals surface area (Å²) in [5.74, 6) is -0.985. The first kappa shape index (κ1) is 19.9. The number of benzene rings is 2. The van der Waals surface area contributed by atoms with E-state index in [4.69, 9.17) is 9.84 Å². The molecule has 0 atom stereocenters. The van der Waals surface area contributed by atoms with E-state index in [0.717, 1.165) is 12.1 Å². The van der Waals surface area contributed by atoms with Crippen molar-refractivity contribution < 1.29 is 28.0 Å². The van der Waals surface area contributed by atoms with Crippen LogP contribution in [0, 0.1) is 10.1 Å². The molecule has 0 aromatic heterocycles. The lowest BCUT2D eigenvalue weighted by Gasteiger charge is -2.22. The third-order valence-electron chi connectivity index (χ3n) is 3.40. The minimum Gasteiger partial charge on any atom is -0.490 e. The summed E-state index contributed by atoms with van der Waals surface area (Å²) < 4.78 is 31.8. The van der Waals surface area contributed by atoms with Gasteiger partial charge in [-0.15, -0.1) is 0 Å². The van der Waals surface area contributed by atoms with Crippen LogP contribution >= 0.6 is 0 Å². The molecule has 2 rings (SSSR count). The minimum atomic E-state index is -4.50. The summed E-state index contributed by atoms with van der Waals surface area (Å²) in [6, 6.07) is 10.4. The van der Waals surface area contributed by atoms with E-state index in [9.17, 15) is 23.3 Å². The zero-order valence-electron chi connectivity index (χ0n) is 14.0. The van der Waals surface area contributed by atoms with Gasteiger partial charge in [0.05, 0.1) is 10.6 Å². The van der Waals surface area contributed by atoms with Crippen LogP contribution in [0.1, 0.15) is 0 Å². The van der Waals surface area contributed by atoms with Gasteiger partial charge >= 0.3 is 5.97 Å². The van der Waals surface area contributed by atoms with Crippen LogP contribution in [0.25, 0.3) is 0 Å². The lowest BCUT2D eigenvalue weighted by Crippen LogP contribution is -2.36. The quantitative estimate of drug-likeness (QED) is 0.394. The molecular formula is C17H16N2O7S. The van der Waals surface area contributed by atoms with Gasteiger partial charge in [-0.3, -0.25) is 19.2 Å². The van der Waals surface area contributed by atoms with Crippen LogP contribution in [0.4, 0.5) is 11.4 Å². The fourth-order valence-corrected chi connectivity index (χ4v) is 3.82. The fourth-order valence-electron chi connectivity index (χ4n) is 2.25. The molecule has 0 aliphatic carbocycles. The van der Waals surface area contributed by atoms with Gasteiger partial charge in [0, 0.05) is 6.07 Å². The summed E-state index contributed by atoms with van der Waals surface area (Å²) in [5.41, 5.74) is -0.611. The molecule has 2 aromatic carbocycles. The van der Waals surface area contributed by atoms with Gasteiger partial charge in [0.1, 0.15) is 18.9 Å². The molecule has 0 spiro atoms. The van der Waals surface area contributed by atoms with E-state index in [0.29, 0.717) is 10.1 Å². The van der Waals surface area contributed by atoms with Crippen molar-refractivity contribution in [1.29, 1.82) is 0 Å². The molecule has 0 aliphatic rings. The van der Waals surface area contributed by atoms with Crippen molar-refractivity contribution in [3.63, 3.8) is 0 Å². The third kappa shape index (κ3) is 4.61. The van der Waals surface area contributed by atoms with Gasteiger partial charge in [0.2, 0.25) is 0 Å².